The number of rotatable bonds is 5. The number of hydrogen-bond donors (Lipinski definition) is 1. The van der Waals surface area contributed by atoms with Gasteiger partial charge in [0, 0.05) is 13.6 Å². The normalized spacial score (nSPS) is 9.87. The summed E-state index contributed by atoms with van der Waals surface area (Å²) >= 11 is 2.73. The lowest BCUT2D eigenvalue weighted by Crippen LogP contribution is -2.27. The molecule has 2 aromatic heterocycles. The number of nitriles is 2. The first-order valence-electron chi connectivity index (χ1n) is 6.53. The molecule has 0 aliphatic heterocycles. The zero-order chi connectivity index (χ0) is 16.8. The van der Waals surface area contributed by atoms with Crippen molar-refractivity contribution in [1.29, 1.82) is 10.5 Å². The Labute approximate surface area is 142 Å². The van der Waals surface area contributed by atoms with Crippen LogP contribution in [0.2, 0.25) is 0 Å². The Morgan fingerprint density at radius 1 is 1.43 bits per heavy atom. The second-order valence-electron chi connectivity index (χ2n) is 4.67. The minimum absolute atomic E-state index is 0.0630. The van der Waals surface area contributed by atoms with Gasteiger partial charge in [0.15, 0.2) is 0 Å². The fourth-order valence-corrected chi connectivity index (χ4v) is 3.34. The van der Waals surface area contributed by atoms with Crippen molar-refractivity contribution in [3.63, 3.8) is 0 Å². The van der Waals surface area contributed by atoms with E-state index in [0.29, 0.717) is 11.6 Å². The summed E-state index contributed by atoms with van der Waals surface area (Å²) in [5.41, 5.74) is 7.14. The quantitative estimate of drug-likeness (QED) is 0.834. The van der Waals surface area contributed by atoms with Gasteiger partial charge in [-0.15, -0.1) is 0 Å². The molecule has 116 valence electrons. The number of thioether (sulfide) groups is 1. The van der Waals surface area contributed by atoms with E-state index in [1.54, 1.807) is 23.3 Å². The maximum atomic E-state index is 12.2. The second-order valence-corrected chi connectivity index (χ2v) is 6.41. The number of aromatic nitrogens is 1. The number of hydrogen-bond acceptors (Lipinski definition) is 7. The van der Waals surface area contributed by atoms with Crippen LogP contribution >= 0.6 is 23.1 Å². The third-order valence-corrected chi connectivity index (χ3v) is 4.72. The Kier molecular flexibility index (Phi) is 5.58. The van der Waals surface area contributed by atoms with Crippen LogP contribution in [0.4, 0.5) is 5.82 Å². The summed E-state index contributed by atoms with van der Waals surface area (Å²) in [4.78, 5) is 17.8. The monoisotopic (exact) mass is 343 g/mol. The third-order valence-electron chi connectivity index (χ3n) is 3.02. The molecule has 8 heteroatoms. The van der Waals surface area contributed by atoms with Gasteiger partial charge in [-0.25, -0.2) is 4.98 Å². The molecule has 2 N–H and O–H groups in total. The molecule has 0 saturated carbocycles. The van der Waals surface area contributed by atoms with Crippen molar-refractivity contribution < 1.29 is 4.79 Å². The van der Waals surface area contributed by atoms with Gasteiger partial charge in [-0.3, -0.25) is 4.79 Å². The van der Waals surface area contributed by atoms with Crippen molar-refractivity contribution in [3.8, 4) is 12.1 Å². The Bertz CT molecular complexity index is 789. The SMILES string of the molecule is CN(Cc1ccsc1)C(=O)CSc1nc(N)c(C#N)cc1C#N. The predicted molar refractivity (Wildman–Crippen MR) is 89.6 cm³/mol. The van der Waals surface area contributed by atoms with Gasteiger partial charge in [0.1, 0.15) is 23.0 Å². The summed E-state index contributed by atoms with van der Waals surface area (Å²) in [7, 11) is 1.73. The lowest BCUT2D eigenvalue weighted by Gasteiger charge is -2.16. The van der Waals surface area contributed by atoms with E-state index in [9.17, 15) is 4.79 Å². The van der Waals surface area contributed by atoms with Crippen molar-refractivity contribution in [2.24, 2.45) is 0 Å². The largest absolute Gasteiger partial charge is 0.383 e. The molecule has 0 bridgehead atoms. The smallest absolute Gasteiger partial charge is 0.233 e. The molecule has 0 aliphatic carbocycles. The predicted octanol–water partition coefficient (Wildman–Crippen LogP) is 2.22. The van der Waals surface area contributed by atoms with Crippen molar-refractivity contribution in [2.75, 3.05) is 18.5 Å². The van der Waals surface area contributed by atoms with Gasteiger partial charge in [-0.05, 0) is 28.5 Å². The van der Waals surface area contributed by atoms with Crippen LogP contribution in [-0.4, -0.2) is 28.6 Å². The fraction of sp³-hybridized carbons (Fsp3) is 0.200. The Morgan fingerprint density at radius 3 is 2.78 bits per heavy atom. The molecular formula is C15H13N5OS2. The van der Waals surface area contributed by atoms with Gasteiger partial charge in [0.05, 0.1) is 16.9 Å². The molecule has 0 fully saturated rings. The van der Waals surface area contributed by atoms with Gasteiger partial charge in [0.25, 0.3) is 0 Å². The van der Waals surface area contributed by atoms with Gasteiger partial charge in [0.2, 0.25) is 5.91 Å². The maximum absolute atomic E-state index is 12.2. The van der Waals surface area contributed by atoms with Gasteiger partial charge >= 0.3 is 0 Å². The number of carbonyl (C=O) groups is 1. The average Bonchev–Trinajstić information content (AvgIpc) is 3.05. The van der Waals surface area contributed by atoms with E-state index >= 15 is 0 Å². The van der Waals surface area contributed by atoms with E-state index in [-0.39, 0.29) is 28.6 Å². The lowest BCUT2D eigenvalue weighted by atomic mass is 10.2. The molecular weight excluding hydrogens is 330 g/mol. The summed E-state index contributed by atoms with van der Waals surface area (Å²) in [6.45, 7) is 0.539. The van der Waals surface area contributed by atoms with E-state index in [1.165, 1.54) is 6.07 Å². The maximum Gasteiger partial charge on any atom is 0.233 e. The van der Waals surface area contributed by atoms with Crippen LogP contribution in [0.25, 0.3) is 0 Å². The highest BCUT2D eigenvalue weighted by atomic mass is 32.2. The average molecular weight is 343 g/mol. The highest BCUT2D eigenvalue weighted by molar-refractivity contribution is 8.00. The minimum Gasteiger partial charge on any atom is -0.383 e. The number of amides is 1. The first-order chi connectivity index (χ1) is 11.0. The number of pyridine rings is 1. The molecule has 1 amide bonds. The third kappa shape index (κ3) is 4.22. The molecule has 2 rings (SSSR count). The number of thiophene rings is 1. The Balaban J connectivity index is 2.03. The summed E-state index contributed by atoms with van der Waals surface area (Å²) in [5.74, 6) is 0.135. The van der Waals surface area contributed by atoms with Crippen LogP contribution in [0.5, 0.6) is 0 Å². The molecule has 2 heterocycles. The number of anilines is 1. The first-order valence-corrected chi connectivity index (χ1v) is 8.46. The van der Waals surface area contributed by atoms with Gasteiger partial charge in [-0.2, -0.15) is 21.9 Å². The van der Waals surface area contributed by atoms with E-state index < -0.39 is 0 Å². The van der Waals surface area contributed by atoms with E-state index in [2.05, 4.69) is 4.98 Å². The summed E-state index contributed by atoms with van der Waals surface area (Å²) in [5, 5.41) is 22.3. The van der Waals surface area contributed by atoms with Crippen LogP contribution in [-0.2, 0) is 11.3 Å². The second kappa shape index (κ2) is 7.63. The molecule has 0 unspecified atom stereocenters. The molecule has 0 radical (unpaired) electrons. The van der Waals surface area contributed by atoms with Gasteiger partial charge in [-0.1, -0.05) is 11.8 Å². The number of nitrogens with two attached hydrogens (primary N) is 1. The van der Waals surface area contributed by atoms with E-state index in [0.717, 1.165) is 17.3 Å². The number of carbonyl (C=O) groups excluding carboxylic acids is 1. The molecule has 2 aromatic rings. The summed E-state index contributed by atoms with van der Waals surface area (Å²) < 4.78 is 0. The number of nitrogens with zero attached hydrogens (tertiary/aromatic N) is 4. The zero-order valence-electron chi connectivity index (χ0n) is 12.3. The van der Waals surface area contributed by atoms with Crippen LogP contribution in [0.1, 0.15) is 16.7 Å². The molecule has 6 nitrogen and oxygen atoms in total. The van der Waals surface area contributed by atoms with Crippen LogP contribution in [0.15, 0.2) is 27.9 Å². The fourth-order valence-electron chi connectivity index (χ4n) is 1.77. The lowest BCUT2D eigenvalue weighted by molar-refractivity contribution is -0.127. The van der Waals surface area contributed by atoms with Crippen molar-refractivity contribution >= 4 is 34.8 Å². The molecule has 0 atom stereocenters. The standard InChI is InChI=1S/C15H13N5OS2/c1-20(7-10-2-3-22-8-10)13(21)9-23-15-12(6-17)4-11(5-16)14(18)19-15/h2-4,8H,7,9H2,1H3,(H2,18,19). The highest BCUT2D eigenvalue weighted by Gasteiger charge is 2.14. The number of nitrogen functional groups attached to an aromatic ring is 1. The molecule has 0 saturated heterocycles. The van der Waals surface area contributed by atoms with Crippen molar-refractivity contribution in [3.05, 3.63) is 39.6 Å². The van der Waals surface area contributed by atoms with Crippen LogP contribution < -0.4 is 5.73 Å². The zero-order valence-corrected chi connectivity index (χ0v) is 13.9. The minimum atomic E-state index is -0.0742. The first kappa shape index (κ1) is 16.8. The Morgan fingerprint density at radius 2 is 2.17 bits per heavy atom. The topological polar surface area (TPSA) is 107 Å². The van der Waals surface area contributed by atoms with Crippen LogP contribution in [0, 0.1) is 22.7 Å². The van der Waals surface area contributed by atoms with E-state index in [4.69, 9.17) is 16.3 Å². The Hall–Kier alpha value is -2.55. The highest BCUT2D eigenvalue weighted by Crippen LogP contribution is 2.24. The van der Waals surface area contributed by atoms with Crippen molar-refractivity contribution in [1.82, 2.24) is 9.88 Å². The molecule has 23 heavy (non-hydrogen) atoms. The van der Waals surface area contributed by atoms with Crippen LogP contribution in [0.3, 0.4) is 0 Å². The van der Waals surface area contributed by atoms with Crippen molar-refractivity contribution in [2.45, 2.75) is 11.6 Å². The van der Waals surface area contributed by atoms with Gasteiger partial charge < -0.3 is 10.6 Å². The summed E-state index contributed by atoms with van der Waals surface area (Å²) in [6, 6.07) is 7.22. The molecule has 0 spiro atoms. The molecule has 0 aromatic carbocycles. The van der Waals surface area contributed by atoms with E-state index in [1.807, 2.05) is 29.0 Å². The summed E-state index contributed by atoms with van der Waals surface area (Å²) in [6.07, 6.45) is 0. The molecule has 0 aliphatic rings.